The van der Waals surface area contributed by atoms with E-state index >= 15 is 0 Å². The number of sulfone groups is 1. The van der Waals surface area contributed by atoms with E-state index in [9.17, 15) is 17.2 Å². The van der Waals surface area contributed by atoms with E-state index in [0.717, 1.165) is 27.7 Å². The summed E-state index contributed by atoms with van der Waals surface area (Å²) in [4.78, 5) is 2.19. The number of nitrogens with one attached hydrogen (secondary N) is 1. The molecule has 0 bridgehead atoms. The number of aromatic nitrogens is 3. The lowest BCUT2D eigenvalue weighted by Gasteiger charge is -2.34. The van der Waals surface area contributed by atoms with Crippen LogP contribution in [0.4, 0.5) is 20.3 Å². The van der Waals surface area contributed by atoms with E-state index in [1.54, 1.807) is 30.6 Å². The maximum atomic E-state index is 13.8. The number of halogens is 2. The topological polar surface area (TPSA) is 79.6 Å². The van der Waals surface area contributed by atoms with Crippen molar-refractivity contribution in [1.82, 2.24) is 14.6 Å². The maximum Gasteiger partial charge on any atom is 0.251 e. The van der Waals surface area contributed by atoms with E-state index in [1.807, 2.05) is 35.3 Å². The molecule has 4 aromatic rings. The number of piperidine rings is 1. The van der Waals surface area contributed by atoms with Crippen molar-refractivity contribution >= 4 is 37.8 Å². The molecule has 1 saturated heterocycles. The Balaban J connectivity index is 1.63. The minimum atomic E-state index is -3.42. The molecule has 0 radical (unpaired) electrons. The molecule has 2 aromatic heterocycles. The largest absolute Gasteiger partial charge is 0.377 e. The molecule has 2 aromatic carbocycles. The van der Waals surface area contributed by atoms with Gasteiger partial charge in [-0.3, -0.25) is 4.40 Å². The van der Waals surface area contributed by atoms with Crippen LogP contribution in [0.25, 0.3) is 16.4 Å². The maximum absolute atomic E-state index is 13.8. The normalized spacial score (nSPS) is 17.1. The van der Waals surface area contributed by atoms with Crippen LogP contribution in [0.5, 0.6) is 0 Å². The van der Waals surface area contributed by atoms with Crippen LogP contribution in [0, 0.1) is 6.92 Å². The lowest BCUT2D eigenvalue weighted by Crippen LogP contribution is -2.40. The fraction of sp³-hybridized carbons (Fsp3) is 0.360. The van der Waals surface area contributed by atoms with E-state index < -0.39 is 15.8 Å². The first kappa shape index (κ1) is 23.5. The van der Waals surface area contributed by atoms with E-state index in [0.29, 0.717) is 11.3 Å². The zero-order chi connectivity index (χ0) is 25.0. The Hall–Kier alpha value is -3.27. The van der Waals surface area contributed by atoms with Gasteiger partial charge in [0.1, 0.15) is 12.1 Å². The van der Waals surface area contributed by atoms with Gasteiger partial charge in [-0.1, -0.05) is 23.8 Å². The zero-order valence-corrected chi connectivity index (χ0v) is 20.6. The van der Waals surface area contributed by atoms with Crippen LogP contribution >= 0.6 is 0 Å². The molecule has 1 atom stereocenters. The van der Waals surface area contributed by atoms with Crippen LogP contribution in [-0.4, -0.2) is 48.3 Å². The number of para-hydroxylation sites is 1. The average Bonchev–Trinajstić information content (AvgIpc) is 3.28. The number of benzene rings is 2. The number of alkyl halides is 2. The monoisotopic (exact) mass is 499 g/mol. The molecule has 0 spiro atoms. The number of pyridine rings is 1. The van der Waals surface area contributed by atoms with Crippen molar-refractivity contribution in [2.24, 2.45) is 0 Å². The molecule has 0 aliphatic carbocycles. The fourth-order valence-corrected chi connectivity index (χ4v) is 5.69. The summed E-state index contributed by atoms with van der Waals surface area (Å²) in [6.07, 6.45) is 2.41. The van der Waals surface area contributed by atoms with E-state index in [1.165, 1.54) is 6.26 Å². The summed E-state index contributed by atoms with van der Waals surface area (Å²) in [5.74, 6) is -1.88. The molecule has 1 N–H and O–H groups in total. The Morgan fingerprint density at radius 3 is 2.51 bits per heavy atom. The number of aryl methyl sites for hydroxylation is 1. The summed E-state index contributed by atoms with van der Waals surface area (Å²) in [6.45, 7) is 4.45. The van der Waals surface area contributed by atoms with E-state index in [2.05, 4.69) is 21.6 Å². The molecule has 10 heteroatoms. The predicted molar refractivity (Wildman–Crippen MR) is 133 cm³/mol. The van der Waals surface area contributed by atoms with Crippen LogP contribution in [0.3, 0.4) is 0 Å². The molecule has 1 fully saturated rings. The fourth-order valence-electron chi connectivity index (χ4n) is 4.84. The number of anilines is 2. The third-order valence-corrected chi connectivity index (χ3v) is 7.76. The SMILES string of the molecule is Cc1cc([C@@H](C)Nc2ccccc2S(C)(=O)=O)c2cc(N3CCC(F)(F)CC3)n3cnnc3c2c1. The van der Waals surface area contributed by atoms with Gasteiger partial charge >= 0.3 is 0 Å². The predicted octanol–water partition coefficient (Wildman–Crippen LogP) is 5.00. The minimum Gasteiger partial charge on any atom is -0.377 e. The average molecular weight is 500 g/mol. The van der Waals surface area contributed by atoms with Crippen molar-refractivity contribution in [3.63, 3.8) is 0 Å². The molecule has 35 heavy (non-hydrogen) atoms. The van der Waals surface area contributed by atoms with E-state index in [-0.39, 0.29) is 36.9 Å². The molecule has 1 aliphatic heterocycles. The summed E-state index contributed by atoms with van der Waals surface area (Å²) in [5, 5.41) is 13.6. The minimum absolute atomic E-state index is 0.199. The van der Waals surface area contributed by atoms with Gasteiger partial charge in [-0.15, -0.1) is 10.2 Å². The highest BCUT2D eigenvalue weighted by Gasteiger charge is 2.35. The summed E-state index contributed by atoms with van der Waals surface area (Å²) >= 11 is 0. The van der Waals surface area contributed by atoms with Crippen LogP contribution < -0.4 is 10.2 Å². The highest BCUT2D eigenvalue weighted by Crippen LogP contribution is 2.36. The van der Waals surface area contributed by atoms with Gasteiger partial charge in [-0.05, 0) is 49.1 Å². The standard InChI is InChI=1S/C25H27F2N5O2S/c1-16-12-18(17(2)29-21-6-4-5-7-22(21)35(3,33)34)19-14-23(31-10-8-25(26,27)9-11-31)32-15-28-30-24(32)20(19)13-16/h4-7,12-15,17,29H,8-11H2,1-3H3/t17-/m1/s1. The Morgan fingerprint density at radius 2 is 1.80 bits per heavy atom. The van der Waals surface area contributed by atoms with Crippen LogP contribution in [-0.2, 0) is 9.84 Å². The van der Waals surface area contributed by atoms with Crippen molar-refractivity contribution in [2.75, 3.05) is 29.6 Å². The molecule has 0 saturated carbocycles. The molecule has 0 amide bonds. The van der Waals surface area contributed by atoms with Crippen molar-refractivity contribution in [1.29, 1.82) is 0 Å². The third-order valence-electron chi connectivity index (χ3n) is 6.61. The lowest BCUT2D eigenvalue weighted by atomic mass is 9.97. The number of nitrogens with zero attached hydrogens (tertiary/aromatic N) is 4. The summed E-state index contributed by atoms with van der Waals surface area (Å²) in [7, 11) is -3.42. The molecule has 5 rings (SSSR count). The second kappa shape index (κ2) is 8.44. The highest BCUT2D eigenvalue weighted by molar-refractivity contribution is 7.90. The molecule has 7 nitrogen and oxygen atoms in total. The quantitative estimate of drug-likeness (QED) is 0.416. The highest BCUT2D eigenvalue weighted by atomic mass is 32.2. The Morgan fingerprint density at radius 1 is 1.09 bits per heavy atom. The Kier molecular flexibility index (Phi) is 5.66. The van der Waals surface area contributed by atoms with Crippen molar-refractivity contribution in [3.05, 3.63) is 59.9 Å². The van der Waals surface area contributed by atoms with Gasteiger partial charge in [-0.25, -0.2) is 17.2 Å². The van der Waals surface area contributed by atoms with Gasteiger partial charge in [-0.2, -0.15) is 0 Å². The van der Waals surface area contributed by atoms with Gasteiger partial charge < -0.3 is 10.2 Å². The van der Waals surface area contributed by atoms with E-state index in [4.69, 9.17) is 0 Å². The molecule has 3 heterocycles. The molecular formula is C25H27F2N5O2S. The summed E-state index contributed by atoms with van der Waals surface area (Å²) in [6, 6.07) is 12.7. The summed E-state index contributed by atoms with van der Waals surface area (Å²) in [5.41, 5.74) is 3.16. The Bertz CT molecular complexity index is 1520. The van der Waals surface area contributed by atoms with Crippen molar-refractivity contribution < 1.29 is 17.2 Å². The summed E-state index contributed by atoms with van der Waals surface area (Å²) < 4.78 is 54.1. The molecular weight excluding hydrogens is 472 g/mol. The van der Waals surface area contributed by atoms with Crippen molar-refractivity contribution in [3.8, 4) is 0 Å². The van der Waals surface area contributed by atoms with Gasteiger partial charge in [0, 0.05) is 43.6 Å². The van der Waals surface area contributed by atoms with Gasteiger partial charge in [0.2, 0.25) is 0 Å². The first-order chi connectivity index (χ1) is 16.5. The molecule has 184 valence electrons. The van der Waals surface area contributed by atoms with Crippen molar-refractivity contribution in [2.45, 2.75) is 43.5 Å². The number of hydrogen-bond acceptors (Lipinski definition) is 6. The second-order valence-corrected chi connectivity index (χ2v) is 11.3. The first-order valence-electron chi connectivity index (χ1n) is 11.5. The van der Waals surface area contributed by atoms with Gasteiger partial charge in [0.25, 0.3) is 5.92 Å². The molecule has 0 unspecified atom stereocenters. The zero-order valence-electron chi connectivity index (χ0n) is 19.8. The number of rotatable bonds is 5. The van der Waals surface area contributed by atoms with Gasteiger partial charge in [0.05, 0.1) is 10.6 Å². The first-order valence-corrected chi connectivity index (χ1v) is 13.4. The van der Waals surface area contributed by atoms with Crippen LogP contribution in [0.2, 0.25) is 0 Å². The number of fused-ring (bicyclic) bond motifs is 3. The van der Waals surface area contributed by atoms with Crippen LogP contribution in [0.15, 0.2) is 53.7 Å². The second-order valence-electron chi connectivity index (χ2n) is 9.32. The van der Waals surface area contributed by atoms with Crippen LogP contribution in [0.1, 0.15) is 36.9 Å². The molecule has 1 aliphatic rings. The smallest absolute Gasteiger partial charge is 0.251 e. The number of hydrogen-bond donors (Lipinski definition) is 1. The lowest BCUT2D eigenvalue weighted by molar-refractivity contribution is -0.0221. The third kappa shape index (κ3) is 4.42. The van der Waals surface area contributed by atoms with Gasteiger partial charge in [0.15, 0.2) is 15.5 Å². The Labute approximate surface area is 202 Å².